The van der Waals surface area contributed by atoms with Crippen molar-refractivity contribution in [1.82, 2.24) is 10.6 Å². The van der Waals surface area contributed by atoms with Crippen LogP contribution in [0.2, 0.25) is 0 Å². The van der Waals surface area contributed by atoms with Crippen molar-refractivity contribution >= 4 is 18.3 Å². The van der Waals surface area contributed by atoms with Crippen molar-refractivity contribution in [2.45, 2.75) is 32.2 Å². The molecule has 1 aliphatic heterocycles. The molecule has 4 heteroatoms. The third-order valence-corrected chi connectivity index (χ3v) is 2.67. The Balaban J connectivity index is 0.00000196. The third kappa shape index (κ3) is 4.55. The minimum Gasteiger partial charge on any atom is -0.355 e. The van der Waals surface area contributed by atoms with Gasteiger partial charge in [0.1, 0.15) is 0 Å². The standard InChI is InChI=1S/C11H18N2O.ClH/c1-3-4-7-13-11(14)10-6-5-8-12-9(10)2;/h1,9-10,12H,4-8H2,2H3,(H,13,14);1H/t9-,10-;/m1./s1. The summed E-state index contributed by atoms with van der Waals surface area (Å²) in [6, 6.07) is 0.287. The molecular formula is C11H19ClN2O. The van der Waals surface area contributed by atoms with Crippen molar-refractivity contribution in [3.05, 3.63) is 0 Å². The summed E-state index contributed by atoms with van der Waals surface area (Å²) < 4.78 is 0. The first-order valence-corrected chi connectivity index (χ1v) is 5.20. The first kappa shape index (κ1) is 14.3. The topological polar surface area (TPSA) is 41.1 Å². The Kier molecular flexibility index (Phi) is 7.19. The van der Waals surface area contributed by atoms with Crippen LogP contribution in [0, 0.1) is 18.3 Å². The molecule has 0 bridgehead atoms. The zero-order valence-electron chi connectivity index (χ0n) is 9.08. The number of carbonyl (C=O) groups excluding carboxylic acids is 1. The molecule has 2 atom stereocenters. The van der Waals surface area contributed by atoms with Crippen molar-refractivity contribution < 1.29 is 4.79 Å². The van der Waals surface area contributed by atoms with E-state index in [2.05, 4.69) is 23.5 Å². The Hall–Kier alpha value is -0.720. The first-order valence-electron chi connectivity index (χ1n) is 5.20. The van der Waals surface area contributed by atoms with Gasteiger partial charge in [0, 0.05) is 19.0 Å². The predicted octanol–water partition coefficient (Wildman–Crippen LogP) is 0.936. The number of terminal acetylenes is 1. The van der Waals surface area contributed by atoms with Crippen molar-refractivity contribution in [3.63, 3.8) is 0 Å². The van der Waals surface area contributed by atoms with Gasteiger partial charge in [-0.25, -0.2) is 0 Å². The van der Waals surface area contributed by atoms with Gasteiger partial charge in [-0.05, 0) is 26.3 Å². The molecule has 0 aliphatic carbocycles. The molecule has 2 N–H and O–H groups in total. The van der Waals surface area contributed by atoms with Gasteiger partial charge in [-0.15, -0.1) is 24.8 Å². The Morgan fingerprint density at radius 3 is 3.00 bits per heavy atom. The minimum absolute atomic E-state index is 0. The fraction of sp³-hybridized carbons (Fsp3) is 0.727. The molecule has 1 saturated heterocycles. The van der Waals surface area contributed by atoms with Crippen LogP contribution < -0.4 is 10.6 Å². The summed E-state index contributed by atoms with van der Waals surface area (Å²) in [7, 11) is 0. The number of rotatable bonds is 3. The van der Waals surface area contributed by atoms with E-state index in [1.807, 2.05) is 0 Å². The highest BCUT2D eigenvalue weighted by Crippen LogP contribution is 2.15. The minimum atomic E-state index is 0. The molecule has 0 aromatic heterocycles. The molecular weight excluding hydrogens is 212 g/mol. The van der Waals surface area contributed by atoms with Gasteiger partial charge in [0.15, 0.2) is 0 Å². The Labute approximate surface area is 97.8 Å². The molecule has 1 heterocycles. The number of hydrogen-bond donors (Lipinski definition) is 2. The summed E-state index contributed by atoms with van der Waals surface area (Å²) in [5.41, 5.74) is 0. The van der Waals surface area contributed by atoms with Crippen LogP contribution in [0.5, 0.6) is 0 Å². The average molecular weight is 231 g/mol. The SMILES string of the molecule is C#CCCNC(=O)[C@@H]1CCCN[C@@H]1C.Cl. The van der Waals surface area contributed by atoms with Crippen LogP contribution >= 0.6 is 12.4 Å². The lowest BCUT2D eigenvalue weighted by Gasteiger charge is -2.28. The fourth-order valence-corrected chi connectivity index (χ4v) is 1.79. The monoisotopic (exact) mass is 230 g/mol. The zero-order valence-corrected chi connectivity index (χ0v) is 9.90. The molecule has 0 radical (unpaired) electrons. The molecule has 0 aromatic carbocycles. The van der Waals surface area contributed by atoms with Crippen LogP contribution in [0.4, 0.5) is 0 Å². The zero-order chi connectivity index (χ0) is 10.4. The summed E-state index contributed by atoms with van der Waals surface area (Å²) in [5, 5.41) is 6.16. The van der Waals surface area contributed by atoms with Crippen molar-refractivity contribution in [3.8, 4) is 12.3 Å². The predicted molar refractivity (Wildman–Crippen MR) is 63.9 cm³/mol. The maximum absolute atomic E-state index is 11.7. The Morgan fingerprint density at radius 1 is 1.67 bits per heavy atom. The number of halogens is 1. The van der Waals surface area contributed by atoms with E-state index in [4.69, 9.17) is 6.42 Å². The van der Waals surface area contributed by atoms with Crippen LogP contribution in [0.15, 0.2) is 0 Å². The second kappa shape index (κ2) is 7.56. The van der Waals surface area contributed by atoms with E-state index in [0.717, 1.165) is 19.4 Å². The maximum Gasteiger partial charge on any atom is 0.224 e. The highest BCUT2D eigenvalue weighted by atomic mass is 35.5. The molecule has 0 spiro atoms. The number of amides is 1. The Bertz CT molecular complexity index is 237. The van der Waals surface area contributed by atoms with Crippen molar-refractivity contribution in [1.29, 1.82) is 0 Å². The second-order valence-corrected chi connectivity index (χ2v) is 3.74. The van der Waals surface area contributed by atoms with Gasteiger partial charge in [0.05, 0.1) is 5.92 Å². The highest BCUT2D eigenvalue weighted by Gasteiger charge is 2.26. The summed E-state index contributed by atoms with van der Waals surface area (Å²) in [5.74, 6) is 2.76. The van der Waals surface area contributed by atoms with Gasteiger partial charge in [-0.2, -0.15) is 0 Å². The maximum atomic E-state index is 11.7. The molecule has 15 heavy (non-hydrogen) atoms. The molecule has 1 amide bonds. The number of hydrogen-bond acceptors (Lipinski definition) is 2. The van der Waals surface area contributed by atoms with E-state index in [9.17, 15) is 4.79 Å². The number of nitrogens with one attached hydrogen (secondary N) is 2. The lowest BCUT2D eigenvalue weighted by Crippen LogP contribution is -2.46. The average Bonchev–Trinajstić information content (AvgIpc) is 2.18. The van der Waals surface area contributed by atoms with Gasteiger partial charge in [0.2, 0.25) is 5.91 Å². The molecule has 86 valence electrons. The van der Waals surface area contributed by atoms with Crippen molar-refractivity contribution in [2.75, 3.05) is 13.1 Å². The quantitative estimate of drug-likeness (QED) is 0.560. The number of piperidine rings is 1. The highest BCUT2D eigenvalue weighted by molar-refractivity contribution is 5.85. The lowest BCUT2D eigenvalue weighted by molar-refractivity contribution is -0.126. The summed E-state index contributed by atoms with van der Waals surface area (Å²) in [4.78, 5) is 11.7. The van der Waals surface area contributed by atoms with E-state index in [1.165, 1.54) is 0 Å². The van der Waals surface area contributed by atoms with Crippen LogP contribution in [0.1, 0.15) is 26.2 Å². The third-order valence-electron chi connectivity index (χ3n) is 2.67. The summed E-state index contributed by atoms with van der Waals surface area (Å²) >= 11 is 0. The lowest BCUT2D eigenvalue weighted by atomic mass is 9.91. The Morgan fingerprint density at radius 2 is 2.40 bits per heavy atom. The molecule has 1 fully saturated rings. The number of carbonyl (C=O) groups is 1. The van der Waals surface area contributed by atoms with Crippen LogP contribution in [0.25, 0.3) is 0 Å². The van der Waals surface area contributed by atoms with Gasteiger partial charge in [-0.1, -0.05) is 0 Å². The van der Waals surface area contributed by atoms with Crippen LogP contribution in [0.3, 0.4) is 0 Å². The first-order chi connectivity index (χ1) is 6.75. The fourth-order valence-electron chi connectivity index (χ4n) is 1.79. The van der Waals surface area contributed by atoms with Crippen LogP contribution in [-0.2, 0) is 4.79 Å². The molecule has 0 saturated carbocycles. The molecule has 0 aromatic rings. The van der Waals surface area contributed by atoms with Crippen LogP contribution in [-0.4, -0.2) is 25.0 Å². The van der Waals surface area contributed by atoms with E-state index in [0.29, 0.717) is 13.0 Å². The second-order valence-electron chi connectivity index (χ2n) is 3.74. The van der Waals surface area contributed by atoms with E-state index >= 15 is 0 Å². The van der Waals surface area contributed by atoms with E-state index < -0.39 is 0 Å². The van der Waals surface area contributed by atoms with Gasteiger partial charge < -0.3 is 10.6 Å². The molecule has 1 aliphatic rings. The van der Waals surface area contributed by atoms with Gasteiger partial charge >= 0.3 is 0 Å². The summed E-state index contributed by atoms with van der Waals surface area (Å²) in [6.07, 6.45) is 7.78. The molecule has 0 unspecified atom stereocenters. The summed E-state index contributed by atoms with van der Waals surface area (Å²) in [6.45, 7) is 3.68. The largest absolute Gasteiger partial charge is 0.355 e. The molecule has 3 nitrogen and oxygen atoms in total. The normalized spacial score (nSPS) is 24.8. The smallest absolute Gasteiger partial charge is 0.224 e. The van der Waals surface area contributed by atoms with Gasteiger partial charge in [0.25, 0.3) is 0 Å². The van der Waals surface area contributed by atoms with E-state index in [1.54, 1.807) is 0 Å². The van der Waals surface area contributed by atoms with E-state index in [-0.39, 0.29) is 30.3 Å². The molecule has 1 rings (SSSR count). The van der Waals surface area contributed by atoms with Gasteiger partial charge in [-0.3, -0.25) is 4.79 Å². The van der Waals surface area contributed by atoms with Crippen molar-refractivity contribution in [2.24, 2.45) is 5.92 Å².